The van der Waals surface area contributed by atoms with E-state index in [2.05, 4.69) is 10.2 Å². The quantitative estimate of drug-likeness (QED) is 0.622. The van der Waals surface area contributed by atoms with E-state index < -0.39 is 5.69 Å². The molecule has 0 saturated carbocycles. The lowest BCUT2D eigenvalue weighted by Gasteiger charge is -1.95. The Balaban J connectivity index is 2.60. The lowest BCUT2D eigenvalue weighted by Crippen LogP contribution is -2.14. The van der Waals surface area contributed by atoms with Gasteiger partial charge in [-0.25, -0.2) is 9.89 Å². The Morgan fingerprint density at radius 3 is 2.54 bits per heavy atom. The standard InChI is InChI=1S/C8H7N3O2/c12-8-10-9-7(11(8)13)6-4-2-1-3-5-6/h1-5,13H,(H,10,12). The molecule has 0 aliphatic heterocycles. The smallest absolute Gasteiger partial charge is 0.376 e. The fourth-order valence-corrected chi connectivity index (χ4v) is 1.07. The van der Waals surface area contributed by atoms with Gasteiger partial charge in [-0.2, -0.15) is 0 Å². The Bertz CT molecular complexity index is 458. The highest BCUT2D eigenvalue weighted by atomic mass is 16.5. The molecule has 0 spiro atoms. The Labute approximate surface area is 73.2 Å². The van der Waals surface area contributed by atoms with Crippen LogP contribution in [0.25, 0.3) is 11.4 Å². The number of aromatic amines is 1. The van der Waals surface area contributed by atoms with Crippen LogP contribution in [0.2, 0.25) is 0 Å². The van der Waals surface area contributed by atoms with Gasteiger partial charge in [-0.3, -0.25) is 0 Å². The van der Waals surface area contributed by atoms with Crippen molar-refractivity contribution in [3.8, 4) is 11.4 Å². The van der Waals surface area contributed by atoms with Gasteiger partial charge in [0.05, 0.1) is 0 Å². The van der Waals surface area contributed by atoms with Crippen molar-refractivity contribution in [1.82, 2.24) is 14.9 Å². The van der Waals surface area contributed by atoms with Gasteiger partial charge in [0.2, 0.25) is 5.82 Å². The Hall–Kier alpha value is -2.04. The van der Waals surface area contributed by atoms with Crippen molar-refractivity contribution >= 4 is 0 Å². The maximum absolute atomic E-state index is 10.8. The molecule has 2 aromatic rings. The van der Waals surface area contributed by atoms with E-state index in [1.807, 2.05) is 6.07 Å². The number of nitrogens with one attached hydrogen (secondary N) is 1. The van der Waals surface area contributed by atoms with E-state index in [0.29, 0.717) is 10.3 Å². The highest BCUT2D eigenvalue weighted by Crippen LogP contribution is 2.12. The van der Waals surface area contributed by atoms with Crippen LogP contribution >= 0.6 is 0 Å². The molecule has 0 unspecified atom stereocenters. The minimum Gasteiger partial charge on any atom is -0.422 e. The molecule has 66 valence electrons. The van der Waals surface area contributed by atoms with E-state index in [-0.39, 0.29) is 5.82 Å². The lowest BCUT2D eigenvalue weighted by atomic mass is 10.2. The minimum atomic E-state index is -0.640. The van der Waals surface area contributed by atoms with Gasteiger partial charge in [0.1, 0.15) is 0 Å². The molecular formula is C8H7N3O2. The van der Waals surface area contributed by atoms with Crippen molar-refractivity contribution < 1.29 is 5.21 Å². The third kappa shape index (κ3) is 1.20. The summed E-state index contributed by atoms with van der Waals surface area (Å²) in [4.78, 5) is 10.8. The van der Waals surface area contributed by atoms with Gasteiger partial charge in [-0.1, -0.05) is 30.3 Å². The Morgan fingerprint density at radius 1 is 1.31 bits per heavy atom. The first-order chi connectivity index (χ1) is 6.29. The monoisotopic (exact) mass is 177 g/mol. The van der Waals surface area contributed by atoms with E-state index >= 15 is 0 Å². The topological polar surface area (TPSA) is 70.9 Å². The van der Waals surface area contributed by atoms with Gasteiger partial charge in [0.15, 0.2) is 0 Å². The number of nitrogens with zero attached hydrogens (tertiary/aromatic N) is 2. The largest absolute Gasteiger partial charge is 0.422 e. The average Bonchev–Trinajstić information content (AvgIpc) is 2.49. The van der Waals surface area contributed by atoms with E-state index in [0.717, 1.165) is 0 Å². The van der Waals surface area contributed by atoms with Crippen LogP contribution in [-0.2, 0) is 0 Å². The highest BCUT2D eigenvalue weighted by molar-refractivity contribution is 5.53. The van der Waals surface area contributed by atoms with Gasteiger partial charge in [0, 0.05) is 5.56 Å². The molecule has 1 heterocycles. The first-order valence-electron chi connectivity index (χ1n) is 3.71. The molecule has 1 aromatic carbocycles. The second-order valence-corrected chi connectivity index (χ2v) is 2.53. The highest BCUT2D eigenvalue weighted by Gasteiger charge is 2.07. The SMILES string of the molecule is O=c1[nH]nc(-c2ccccc2)n1O. The molecule has 5 nitrogen and oxygen atoms in total. The summed E-state index contributed by atoms with van der Waals surface area (Å²) < 4.78 is 0.481. The zero-order valence-electron chi connectivity index (χ0n) is 6.64. The molecule has 0 aliphatic carbocycles. The van der Waals surface area contributed by atoms with Crippen molar-refractivity contribution in [1.29, 1.82) is 0 Å². The summed E-state index contributed by atoms with van der Waals surface area (Å²) in [6, 6.07) is 8.95. The molecule has 1 aromatic heterocycles. The molecule has 0 amide bonds. The lowest BCUT2D eigenvalue weighted by molar-refractivity contribution is 0.180. The zero-order chi connectivity index (χ0) is 9.26. The predicted molar refractivity (Wildman–Crippen MR) is 45.5 cm³/mol. The summed E-state index contributed by atoms with van der Waals surface area (Å²) in [6.07, 6.45) is 0. The summed E-state index contributed by atoms with van der Waals surface area (Å²) in [5.41, 5.74) is 0.0437. The maximum atomic E-state index is 10.8. The van der Waals surface area contributed by atoms with Crippen LogP contribution < -0.4 is 5.69 Å². The van der Waals surface area contributed by atoms with E-state index in [1.165, 1.54) is 0 Å². The Morgan fingerprint density at radius 2 is 2.00 bits per heavy atom. The first kappa shape index (κ1) is 7.60. The van der Waals surface area contributed by atoms with Gasteiger partial charge >= 0.3 is 5.69 Å². The van der Waals surface area contributed by atoms with Gasteiger partial charge in [-0.05, 0) is 0 Å². The van der Waals surface area contributed by atoms with Gasteiger partial charge in [-0.15, -0.1) is 9.83 Å². The first-order valence-corrected chi connectivity index (χ1v) is 3.71. The van der Waals surface area contributed by atoms with Crippen LogP contribution in [0.1, 0.15) is 0 Å². The maximum Gasteiger partial charge on any atom is 0.376 e. The number of rotatable bonds is 1. The molecule has 0 aliphatic rings. The molecule has 5 heteroatoms. The van der Waals surface area contributed by atoms with E-state index in [4.69, 9.17) is 0 Å². The summed E-state index contributed by atoms with van der Waals surface area (Å²) in [7, 11) is 0. The van der Waals surface area contributed by atoms with Crippen LogP contribution in [0.15, 0.2) is 35.1 Å². The third-order valence-corrected chi connectivity index (χ3v) is 1.68. The normalized spacial score (nSPS) is 10.2. The van der Waals surface area contributed by atoms with E-state index in [1.54, 1.807) is 24.3 Å². The molecular weight excluding hydrogens is 170 g/mol. The molecule has 0 radical (unpaired) electrons. The van der Waals surface area contributed by atoms with Crippen LogP contribution in [-0.4, -0.2) is 20.1 Å². The number of hydrogen-bond donors (Lipinski definition) is 2. The number of benzene rings is 1. The van der Waals surface area contributed by atoms with Crippen LogP contribution in [0.5, 0.6) is 0 Å². The molecule has 2 rings (SSSR count). The number of hydrogen-bond acceptors (Lipinski definition) is 3. The molecule has 0 atom stereocenters. The molecule has 0 saturated heterocycles. The van der Waals surface area contributed by atoms with Crippen molar-refractivity contribution in [3.63, 3.8) is 0 Å². The number of aromatic nitrogens is 3. The Kier molecular flexibility index (Phi) is 1.63. The number of H-pyrrole nitrogens is 1. The van der Waals surface area contributed by atoms with Crippen molar-refractivity contribution in [2.75, 3.05) is 0 Å². The summed E-state index contributed by atoms with van der Waals surface area (Å²) in [5.74, 6) is 0.214. The zero-order valence-corrected chi connectivity index (χ0v) is 6.64. The molecule has 2 N–H and O–H groups in total. The van der Waals surface area contributed by atoms with Crippen LogP contribution in [0.4, 0.5) is 0 Å². The van der Waals surface area contributed by atoms with Gasteiger partial charge < -0.3 is 5.21 Å². The van der Waals surface area contributed by atoms with Crippen LogP contribution in [0, 0.1) is 0 Å². The second kappa shape index (κ2) is 2.78. The molecule has 0 bridgehead atoms. The van der Waals surface area contributed by atoms with Crippen LogP contribution in [0.3, 0.4) is 0 Å². The molecule has 0 fully saturated rings. The summed E-state index contributed by atoms with van der Waals surface area (Å²) in [6.45, 7) is 0. The minimum absolute atomic E-state index is 0.214. The van der Waals surface area contributed by atoms with E-state index in [9.17, 15) is 10.0 Å². The summed E-state index contributed by atoms with van der Waals surface area (Å²) in [5, 5.41) is 15.0. The third-order valence-electron chi connectivity index (χ3n) is 1.68. The average molecular weight is 177 g/mol. The fourth-order valence-electron chi connectivity index (χ4n) is 1.07. The van der Waals surface area contributed by atoms with Crippen molar-refractivity contribution in [2.45, 2.75) is 0 Å². The van der Waals surface area contributed by atoms with Crippen molar-refractivity contribution in [3.05, 3.63) is 40.8 Å². The predicted octanol–water partition coefficient (Wildman–Crippen LogP) is 0.476. The van der Waals surface area contributed by atoms with Gasteiger partial charge in [0.25, 0.3) is 0 Å². The molecule has 13 heavy (non-hydrogen) atoms. The summed E-state index contributed by atoms with van der Waals surface area (Å²) >= 11 is 0. The van der Waals surface area contributed by atoms with Crippen molar-refractivity contribution in [2.24, 2.45) is 0 Å². The fraction of sp³-hybridized carbons (Fsp3) is 0. The second-order valence-electron chi connectivity index (χ2n) is 2.53.